The number of rotatable bonds is 8. The van der Waals surface area contributed by atoms with Crippen molar-refractivity contribution in [3.63, 3.8) is 0 Å². The van der Waals surface area contributed by atoms with Gasteiger partial charge in [-0.25, -0.2) is 0 Å². The average Bonchev–Trinajstić information content (AvgIpc) is 3.01. The number of carbonyl (C=O) groups excluding carboxylic acids is 1. The van der Waals surface area contributed by atoms with Crippen molar-refractivity contribution in [3.8, 4) is 0 Å². The van der Waals surface area contributed by atoms with Crippen LogP contribution in [0.3, 0.4) is 0 Å². The van der Waals surface area contributed by atoms with Gasteiger partial charge in [-0.3, -0.25) is 10.1 Å². The van der Waals surface area contributed by atoms with Gasteiger partial charge in [0.1, 0.15) is 0 Å². The van der Waals surface area contributed by atoms with Crippen LogP contribution in [-0.2, 0) is 17.8 Å². The van der Waals surface area contributed by atoms with Crippen molar-refractivity contribution in [2.75, 3.05) is 0 Å². The van der Waals surface area contributed by atoms with Crippen LogP contribution in [0.5, 0.6) is 0 Å². The zero-order chi connectivity index (χ0) is 17.6. The number of aromatic nitrogens is 2. The summed E-state index contributed by atoms with van der Waals surface area (Å²) >= 11 is 0. The molecule has 1 saturated carbocycles. The smallest absolute Gasteiger partial charge is 0.239 e. The lowest BCUT2D eigenvalue weighted by Crippen LogP contribution is -2.55. The SMILES string of the molecule is CCCCc1nc(CNC(C)(C)C(=O)NC2CCC(O)CC2)no1. The number of hydrogen-bond donors (Lipinski definition) is 3. The van der Waals surface area contributed by atoms with Gasteiger partial charge in [0.25, 0.3) is 0 Å². The van der Waals surface area contributed by atoms with Crippen LogP contribution >= 0.6 is 0 Å². The Bertz CT molecular complexity index is 522. The molecule has 0 saturated heterocycles. The van der Waals surface area contributed by atoms with Crippen LogP contribution in [0, 0.1) is 0 Å². The van der Waals surface area contributed by atoms with Gasteiger partial charge in [-0.2, -0.15) is 4.98 Å². The number of nitrogens with one attached hydrogen (secondary N) is 2. The van der Waals surface area contributed by atoms with Crippen LogP contribution in [0.4, 0.5) is 0 Å². The highest BCUT2D eigenvalue weighted by molar-refractivity contribution is 5.85. The van der Waals surface area contributed by atoms with Crippen molar-refractivity contribution in [1.82, 2.24) is 20.8 Å². The highest BCUT2D eigenvalue weighted by Crippen LogP contribution is 2.19. The summed E-state index contributed by atoms with van der Waals surface area (Å²) < 4.78 is 5.20. The summed E-state index contributed by atoms with van der Waals surface area (Å²) in [5.41, 5.74) is -0.722. The van der Waals surface area contributed by atoms with E-state index in [9.17, 15) is 9.90 Å². The Morgan fingerprint density at radius 3 is 2.71 bits per heavy atom. The molecule has 136 valence electrons. The Kier molecular flexibility index (Phi) is 6.74. The first-order valence-electron chi connectivity index (χ1n) is 8.96. The summed E-state index contributed by atoms with van der Waals surface area (Å²) in [6.45, 7) is 6.20. The first-order chi connectivity index (χ1) is 11.4. The molecule has 1 heterocycles. The van der Waals surface area contributed by atoms with Gasteiger partial charge in [0, 0.05) is 12.5 Å². The minimum absolute atomic E-state index is 0.0430. The molecule has 1 aliphatic carbocycles. The van der Waals surface area contributed by atoms with Crippen LogP contribution in [0.1, 0.15) is 71.0 Å². The minimum atomic E-state index is -0.722. The van der Waals surface area contributed by atoms with Crippen LogP contribution < -0.4 is 10.6 Å². The molecule has 3 N–H and O–H groups in total. The van der Waals surface area contributed by atoms with Crippen molar-refractivity contribution in [3.05, 3.63) is 11.7 Å². The number of hydrogen-bond acceptors (Lipinski definition) is 6. The second kappa shape index (κ2) is 8.58. The standard InChI is InChI=1S/C17H30N4O3/c1-4-5-6-15-20-14(21-24-15)11-18-17(2,3)16(23)19-12-7-9-13(22)10-8-12/h12-13,18,22H,4-11H2,1-3H3,(H,19,23). The molecular weight excluding hydrogens is 308 g/mol. The molecule has 0 bridgehead atoms. The fraction of sp³-hybridized carbons (Fsp3) is 0.824. The molecular formula is C17H30N4O3. The normalized spacial score (nSPS) is 21.7. The molecule has 0 unspecified atom stereocenters. The Labute approximate surface area is 143 Å². The van der Waals surface area contributed by atoms with Crippen molar-refractivity contribution in [1.29, 1.82) is 0 Å². The predicted molar refractivity (Wildman–Crippen MR) is 90.2 cm³/mol. The lowest BCUT2D eigenvalue weighted by molar-refractivity contribution is -0.127. The first kappa shape index (κ1) is 18.9. The van der Waals surface area contributed by atoms with Gasteiger partial charge in [0.2, 0.25) is 11.8 Å². The van der Waals surface area contributed by atoms with Crippen molar-refractivity contribution in [2.24, 2.45) is 0 Å². The van der Waals surface area contributed by atoms with E-state index in [0.717, 1.165) is 44.9 Å². The summed E-state index contributed by atoms with van der Waals surface area (Å²) in [4.78, 5) is 16.8. The lowest BCUT2D eigenvalue weighted by Gasteiger charge is -2.31. The van der Waals surface area contributed by atoms with Gasteiger partial charge in [0.15, 0.2) is 5.82 Å². The monoisotopic (exact) mass is 338 g/mol. The van der Waals surface area contributed by atoms with E-state index >= 15 is 0 Å². The first-order valence-corrected chi connectivity index (χ1v) is 8.96. The fourth-order valence-corrected chi connectivity index (χ4v) is 2.76. The molecule has 0 radical (unpaired) electrons. The highest BCUT2D eigenvalue weighted by atomic mass is 16.5. The molecule has 1 fully saturated rings. The van der Waals surface area contributed by atoms with Crippen LogP contribution in [0.15, 0.2) is 4.52 Å². The quantitative estimate of drug-likeness (QED) is 0.667. The van der Waals surface area contributed by atoms with Gasteiger partial charge < -0.3 is 14.9 Å². The number of aliphatic hydroxyl groups is 1. The second-order valence-corrected chi connectivity index (χ2v) is 7.17. The number of unbranched alkanes of at least 4 members (excludes halogenated alkanes) is 1. The van der Waals surface area contributed by atoms with Crippen LogP contribution in [0.2, 0.25) is 0 Å². The number of nitrogens with zero attached hydrogens (tertiary/aromatic N) is 2. The van der Waals surface area contributed by atoms with Gasteiger partial charge in [-0.05, 0) is 46.0 Å². The van der Waals surface area contributed by atoms with Crippen molar-refractivity contribution in [2.45, 2.75) is 89.9 Å². The van der Waals surface area contributed by atoms with E-state index in [0.29, 0.717) is 18.3 Å². The molecule has 7 heteroatoms. The summed E-state index contributed by atoms with van der Waals surface area (Å²) in [7, 11) is 0. The Morgan fingerprint density at radius 1 is 1.33 bits per heavy atom. The van der Waals surface area contributed by atoms with Gasteiger partial charge in [-0.15, -0.1) is 0 Å². The maximum Gasteiger partial charge on any atom is 0.239 e. The number of aryl methyl sites for hydroxylation is 1. The van der Waals surface area contributed by atoms with E-state index in [1.54, 1.807) is 0 Å². The molecule has 1 amide bonds. The fourth-order valence-electron chi connectivity index (χ4n) is 2.76. The second-order valence-electron chi connectivity index (χ2n) is 7.17. The molecule has 0 spiro atoms. The van der Waals surface area contributed by atoms with E-state index in [1.807, 2.05) is 13.8 Å². The van der Waals surface area contributed by atoms with Crippen molar-refractivity contribution >= 4 is 5.91 Å². The summed E-state index contributed by atoms with van der Waals surface area (Å²) in [5.74, 6) is 1.18. The molecule has 1 aliphatic rings. The molecule has 2 rings (SSSR count). The van der Waals surface area contributed by atoms with E-state index in [2.05, 4.69) is 27.7 Å². The third kappa shape index (κ3) is 5.56. The molecule has 1 aromatic rings. The topological polar surface area (TPSA) is 100 Å². The summed E-state index contributed by atoms with van der Waals surface area (Å²) in [6, 6.07) is 0.146. The summed E-state index contributed by atoms with van der Waals surface area (Å²) in [6.07, 6.45) is 5.85. The van der Waals surface area contributed by atoms with E-state index < -0.39 is 5.54 Å². The van der Waals surface area contributed by atoms with E-state index in [1.165, 1.54) is 0 Å². The zero-order valence-corrected chi connectivity index (χ0v) is 15.0. The maximum atomic E-state index is 12.5. The number of amides is 1. The van der Waals surface area contributed by atoms with Crippen molar-refractivity contribution < 1.29 is 14.4 Å². The van der Waals surface area contributed by atoms with E-state index in [4.69, 9.17) is 4.52 Å². The Hall–Kier alpha value is -1.47. The summed E-state index contributed by atoms with van der Waals surface area (Å²) in [5, 5.41) is 19.8. The van der Waals surface area contributed by atoms with Crippen LogP contribution in [0.25, 0.3) is 0 Å². The Balaban J connectivity index is 1.79. The predicted octanol–water partition coefficient (Wildman–Crippen LogP) is 1.70. The molecule has 7 nitrogen and oxygen atoms in total. The minimum Gasteiger partial charge on any atom is -0.393 e. The Morgan fingerprint density at radius 2 is 2.04 bits per heavy atom. The molecule has 0 atom stereocenters. The number of aliphatic hydroxyl groups excluding tert-OH is 1. The molecule has 1 aromatic heterocycles. The third-order valence-corrected chi connectivity index (χ3v) is 4.54. The number of carbonyl (C=O) groups is 1. The van der Waals surface area contributed by atoms with Gasteiger partial charge in [0.05, 0.1) is 18.2 Å². The highest BCUT2D eigenvalue weighted by Gasteiger charge is 2.30. The molecule has 0 aromatic carbocycles. The average molecular weight is 338 g/mol. The lowest BCUT2D eigenvalue weighted by atomic mass is 9.92. The molecule has 0 aliphatic heterocycles. The maximum absolute atomic E-state index is 12.5. The zero-order valence-electron chi connectivity index (χ0n) is 15.0. The van der Waals surface area contributed by atoms with E-state index in [-0.39, 0.29) is 18.1 Å². The molecule has 24 heavy (non-hydrogen) atoms. The largest absolute Gasteiger partial charge is 0.393 e. The van der Waals surface area contributed by atoms with Crippen LogP contribution in [-0.4, -0.2) is 38.8 Å². The third-order valence-electron chi connectivity index (χ3n) is 4.54. The van der Waals surface area contributed by atoms with Gasteiger partial charge in [-0.1, -0.05) is 18.5 Å². The van der Waals surface area contributed by atoms with Gasteiger partial charge >= 0.3 is 0 Å².